The Morgan fingerprint density at radius 1 is 0.621 bits per heavy atom. The normalized spacial score (nSPS) is 15.4. The first-order chi connectivity index (χ1) is 13.0. The molecule has 2 aromatic carbocycles. The van der Waals surface area contributed by atoms with Crippen LogP contribution >= 0.6 is 0 Å². The molecule has 0 heterocycles. The molecule has 0 aliphatic heterocycles. The Morgan fingerprint density at radius 3 is 1.31 bits per heavy atom. The van der Waals surface area contributed by atoms with E-state index >= 15 is 0 Å². The van der Waals surface area contributed by atoms with Gasteiger partial charge in [0.05, 0.1) is 0 Å². The number of hydrogen-bond donors (Lipinski definition) is 0. The molecule has 0 N–H and O–H groups in total. The number of rotatable bonds is 4. The first-order valence-electron chi connectivity index (χ1n) is 9.12. The van der Waals surface area contributed by atoms with E-state index in [1.165, 1.54) is 46.6 Å². The molecule has 0 nitrogen and oxygen atoms in total. The van der Waals surface area contributed by atoms with E-state index < -0.39 is 22.9 Å². The molecule has 0 saturated carbocycles. The average Bonchev–Trinajstić information content (AvgIpc) is 3.21. The zero-order valence-electron chi connectivity index (χ0n) is 16.2. The van der Waals surface area contributed by atoms with Gasteiger partial charge >= 0.3 is 171 Å². The predicted molar refractivity (Wildman–Crippen MR) is 103 cm³/mol. The first-order valence-corrected chi connectivity index (χ1v) is 12.7. The Bertz CT molecular complexity index is 930. The second-order valence-corrected chi connectivity index (χ2v) is 12.2. The van der Waals surface area contributed by atoms with Crippen LogP contribution < -0.4 is 24.8 Å². The Balaban J connectivity index is 0.00000150. The topological polar surface area (TPSA) is 0 Å². The van der Waals surface area contributed by atoms with E-state index in [2.05, 4.69) is 26.0 Å². The molecule has 2 aliphatic carbocycles. The summed E-state index contributed by atoms with van der Waals surface area (Å²) < 4.78 is 29.7. The SMILES string of the molecule is CC1=[C]([Hf+2][C]2=C(C)C(c3ccc(F)cc3)=CC2)CC=C1c1ccc(F)cc1.[Cl-].[Cl-]. The van der Waals surface area contributed by atoms with Crippen LogP contribution in [0.15, 0.2) is 78.5 Å². The van der Waals surface area contributed by atoms with Crippen LogP contribution in [-0.4, -0.2) is 0 Å². The van der Waals surface area contributed by atoms with Gasteiger partial charge in [0, 0.05) is 0 Å². The third-order valence-corrected chi connectivity index (χ3v) is 11.7. The summed E-state index contributed by atoms with van der Waals surface area (Å²) in [6.07, 6.45) is 6.66. The molecule has 0 atom stereocenters. The summed E-state index contributed by atoms with van der Waals surface area (Å²) in [5.41, 5.74) is 7.52. The van der Waals surface area contributed by atoms with Crippen LogP contribution in [-0.2, 0) is 22.9 Å². The zero-order chi connectivity index (χ0) is 19.0. The van der Waals surface area contributed by atoms with Crippen LogP contribution in [0.5, 0.6) is 0 Å². The van der Waals surface area contributed by atoms with Gasteiger partial charge in [0.1, 0.15) is 0 Å². The molecule has 0 saturated heterocycles. The maximum absolute atomic E-state index is 13.2. The Kier molecular flexibility index (Phi) is 8.39. The molecular formula is C24H20Cl2F2Hf. The molecule has 0 radical (unpaired) electrons. The molecule has 2 aromatic rings. The molecule has 2 aliphatic rings. The van der Waals surface area contributed by atoms with Crippen molar-refractivity contribution in [3.8, 4) is 0 Å². The van der Waals surface area contributed by atoms with E-state index in [1.54, 1.807) is 6.66 Å². The van der Waals surface area contributed by atoms with E-state index in [0.717, 1.165) is 24.0 Å². The summed E-state index contributed by atoms with van der Waals surface area (Å²) in [5.74, 6) is -0.382. The third-order valence-electron chi connectivity index (χ3n) is 5.35. The van der Waals surface area contributed by atoms with Gasteiger partial charge in [-0.15, -0.1) is 0 Å². The summed E-state index contributed by atoms with van der Waals surface area (Å²) in [6.45, 7) is 4.42. The molecule has 0 fully saturated rings. The Labute approximate surface area is 194 Å². The van der Waals surface area contributed by atoms with Gasteiger partial charge < -0.3 is 24.8 Å². The molecule has 4 rings (SSSR count). The van der Waals surface area contributed by atoms with Gasteiger partial charge in [-0.3, -0.25) is 0 Å². The number of allylic oxidation sites excluding steroid dienone is 8. The fourth-order valence-corrected chi connectivity index (χ4v) is 8.84. The van der Waals surface area contributed by atoms with Crippen LogP contribution in [0.2, 0.25) is 0 Å². The quantitative estimate of drug-likeness (QED) is 0.461. The number of halogens is 4. The van der Waals surface area contributed by atoms with Crippen molar-refractivity contribution < 1.29 is 56.5 Å². The van der Waals surface area contributed by atoms with Gasteiger partial charge in [0.15, 0.2) is 0 Å². The maximum Gasteiger partial charge on any atom is -1.00 e. The average molecular weight is 596 g/mol. The molecule has 0 amide bonds. The zero-order valence-corrected chi connectivity index (χ0v) is 21.3. The monoisotopic (exact) mass is 596 g/mol. The predicted octanol–water partition coefficient (Wildman–Crippen LogP) is 0.878. The van der Waals surface area contributed by atoms with Gasteiger partial charge in [-0.2, -0.15) is 0 Å². The van der Waals surface area contributed by atoms with Gasteiger partial charge in [0.2, 0.25) is 0 Å². The maximum atomic E-state index is 13.2. The third kappa shape index (κ3) is 5.07. The van der Waals surface area contributed by atoms with Crippen molar-refractivity contribution in [1.82, 2.24) is 0 Å². The van der Waals surface area contributed by atoms with E-state index in [9.17, 15) is 8.78 Å². The Morgan fingerprint density at radius 2 is 0.966 bits per heavy atom. The van der Waals surface area contributed by atoms with Crippen molar-refractivity contribution in [3.63, 3.8) is 0 Å². The van der Waals surface area contributed by atoms with Crippen LogP contribution in [0.1, 0.15) is 37.8 Å². The van der Waals surface area contributed by atoms with Crippen LogP contribution in [0.3, 0.4) is 0 Å². The van der Waals surface area contributed by atoms with E-state index in [1.807, 2.05) is 24.3 Å². The molecule has 29 heavy (non-hydrogen) atoms. The molecular weight excluding hydrogens is 576 g/mol. The number of benzene rings is 2. The fourth-order valence-electron chi connectivity index (χ4n) is 3.75. The van der Waals surface area contributed by atoms with Crippen molar-refractivity contribution >= 4 is 11.1 Å². The molecule has 0 bridgehead atoms. The second kappa shape index (κ2) is 10.1. The molecule has 0 spiro atoms. The van der Waals surface area contributed by atoms with Gasteiger partial charge in [0.25, 0.3) is 0 Å². The summed E-state index contributed by atoms with van der Waals surface area (Å²) in [4.78, 5) is 0. The number of hydrogen-bond acceptors (Lipinski definition) is 0. The van der Waals surface area contributed by atoms with Crippen molar-refractivity contribution in [2.24, 2.45) is 0 Å². The molecule has 5 heteroatoms. The van der Waals surface area contributed by atoms with Crippen LogP contribution in [0.4, 0.5) is 8.78 Å². The minimum Gasteiger partial charge on any atom is -1.00 e. The fraction of sp³-hybridized carbons (Fsp3) is 0.167. The van der Waals surface area contributed by atoms with Crippen molar-refractivity contribution in [1.29, 1.82) is 0 Å². The summed E-state index contributed by atoms with van der Waals surface area (Å²) in [5, 5.41) is 0. The molecule has 148 valence electrons. The first kappa shape index (κ1) is 24.0. The van der Waals surface area contributed by atoms with Crippen molar-refractivity contribution in [3.05, 3.63) is 101 Å². The molecule has 0 aromatic heterocycles. The van der Waals surface area contributed by atoms with Crippen molar-refractivity contribution in [2.75, 3.05) is 0 Å². The van der Waals surface area contributed by atoms with Gasteiger partial charge in [-0.05, 0) is 0 Å². The van der Waals surface area contributed by atoms with Crippen LogP contribution in [0.25, 0.3) is 11.1 Å². The van der Waals surface area contributed by atoms with Crippen LogP contribution in [0, 0.1) is 11.6 Å². The standard InChI is InChI=1S/2C12H10F.2ClH.Hf/c2*1-9-3-2-4-12(9)10-5-7-11(13)8-6-10;;;/h2*4-8H,2H2,1H3;2*1H;/q;;;;+2/p-2. The smallest absolute Gasteiger partial charge is 1.00 e. The van der Waals surface area contributed by atoms with E-state index in [0.29, 0.717) is 0 Å². The minimum absolute atomic E-state index is 0. The van der Waals surface area contributed by atoms with E-state index in [-0.39, 0.29) is 36.4 Å². The van der Waals surface area contributed by atoms with Crippen molar-refractivity contribution in [2.45, 2.75) is 26.7 Å². The van der Waals surface area contributed by atoms with Gasteiger partial charge in [-0.25, -0.2) is 0 Å². The van der Waals surface area contributed by atoms with E-state index in [4.69, 9.17) is 0 Å². The molecule has 0 unspecified atom stereocenters. The largest absolute Gasteiger partial charge is 1.00 e. The van der Waals surface area contributed by atoms with Gasteiger partial charge in [-0.1, -0.05) is 0 Å². The minimum atomic E-state index is -1.10. The second-order valence-electron chi connectivity index (χ2n) is 6.99. The summed E-state index contributed by atoms with van der Waals surface area (Å²) in [7, 11) is 0. The summed E-state index contributed by atoms with van der Waals surface area (Å²) >= 11 is -1.10. The summed E-state index contributed by atoms with van der Waals surface area (Å²) in [6, 6.07) is 13.6. The Hall–Kier alpha value is -1.29.